The van der Waals surface area contributed by atoms with Crippen molar-refractivity contribution >= 4 is 5.97 Å². The smallest absolute Gasteiger partial charge is 0.339 e. The largest absolute Gasteiger partial charge is 0.478 e. The summed E-state index contributed by atoms with van der Waals surface area (Å²) in [7, 11) is 0. The maximum Gasteiger partial charge on any atom is 0.339 e. The Morgan fingerprint density at radius 2 is 1.83 bits per heavy atom. The van der Waals surface area contributed by atoms with E-state index < -0.39 is 5.97 Å². The third-order valence-electron chi connectivity index (χ3n) is 5.07. The lowest BCUT2D eigenvalue weighted by Crippen LogP contribution is -2.05. The molecule has 0 amide bonds. The summed E-state index contributed by atoms with van der Waals surface area (Å²) in [6.45, 7) is 1.76. The zero-order valence-corrected chi connectivity index (χ0v) is 15.7. The SMILES string of the molecule is Cc1nc(-c2cccc(-c3cccc(-n4ncc(C(=O)O)c4C4CC4)c3)c2)no1. The average molecular weight is 386 g/mol. The number of hydrogen-bond acceptors (Lipinski definition) is 5. The van der Waals surface area contributed by atoms with Crippen LogP contribution in [-0.2, 0) is 0 Å². The molecular weight excluding hydrogens is 368 g/mol. The molecule has 4 aromatic rings. The van der Waals surface area contributed by atoms with Gasteiger partial charge in [-0.3, -0.25) is 0 Å². The number of nitrogens with zero attached hydrogens (tertiary/aromatic N) is 4. The lowest BCUT2D eigenvalue weighted by Gasteiger charge is -2.10. The van der Waals surface area contributed by atoms with Crippen LogP contribution in [0.4, 0.5) is 0 Å². The van der Waals surface area contributed by atoms with Crippen molar-refractivity contribution in [1.82, 2.24) is 19.9 Å². The monoisotopic (exact) mass is 386 g/mol. The van der Waals surface area contributed by atoms with E-state index in [1.807, 2.05) is 48.5 Å². The minimum atomic E-state index is -0.933. The summed E-state index contributed by atoms with van der Waals surface area (Å²) >= 11 is 0. The minimum absolute atomic E-state index is 0.261. The first kappa shape index (κ1) is 17.4. The molecule has 29 heavy (non-hydrogen) atoms. The second-order valence-electron chi connectivity index (χ2n) is 7.20. The van der Waals surface area contributed by atoms with Crippen molar-refractivity contribution in [3.05, 3.63) is 71.9 Å². The Kier molecular flexibility index (Phi) is 4.01. The van der Waals surface area contributed by atoms with Gasteiger partial charge in [0.2, 0.25) is 11.7 Å². The Morgan fingerprint density at radius 1 is 1.10 bits per heavy atom. The normalized spacial score (nSPS) is 13.6. The van der Waals surface area contributed by atoms with Crippen LogP contribution in [0, 0.1) is 6.92 Å². The van der Waals surface area contributed by atoms with Gasteiger partial charge in [-0.2, -0.15) is 10.1 Å². The second kappa shape index (κ2) is 6.70. The van der Waals surface area contributed by atoms with Crippen LogP contribution in [0.15, 0.2) is 59.3 Å². The molecule has 0 bridgehead atoms. The van der Waals surface area contributed by atoms with Gasteiger partial charge in [0, 0.05) is 18.4 Å². The van der Waals surface area contributed by atoms with E-state index in [1.54, 1.807) is 11.6 Å². The third kappa shape index (κ3) is 3.20. The summed E-state index contributed by atoms with van der Waals surface area (Å²) < 4.78 is 6.84. The Hall–Kier alpha value is -3.74. The summed E-state index contributed by atoms with van der Waals surface area (Å²) in [6.07, 6.45) is 3.44. The third-order valence-corrected chi connectivity index (χ3v) is 5.07. The summed E-state index contributed by atoms with van der Waals surface area (Å²) in [5.41, 5.74) is 4.79. The molecule has 5 rings (SSSR count). The summed E-state index contributed by atoms with van der Waals surface area (Å²) in [6, 6.07) is 15.9. The molecule has 2 aromatic heterocycles. The maximum absolute atomic E-state index is 11.6. The van der Waals surface area contributed by atoms with Crippen LogP contribution in [-0.4, -0.2) is 31.0 Å². The van der Waals surface area contributed by atoms with Gasteiger partial charge in [-0.1, -0.05) is 35.5 Å². The molecule has 7 heteroatoms. The standard InChI is InChI=1S/C22H18N4O3/c1-13-24-21(25-29-13)17-6-2-4-15(10-17)16-5-3-7-18(11-16)26-20(14-8-9-14)19(12-23-26)22(27)28/h2-7,10-12,14H,8-9H2,1H3,(H,27,28). The zero-order valence-electron chi connectivity index (χ0n) is 15.7. The average Bonchev–Trinajstić information content (AvgIpc) is 3.31. The zero-order chi connectivity index (χ0) is 20.0. The summed E-state index contributed by atoms with van der Waals surface area (Å²) in [5.74, 6) is 0.400. The van der Waals surface area contributed by atoms with Gasteiger partial charge in [-0.25, -0.2) is 9.48 Å². The molecule has 0 unspecified atom stereocenters. The van der Waals surface area contributed by atoms with E-state index in [0.29, 0.717) is 11.7 Å². The molecule has 1 aliphatic rings. The van der Waals surface area contributed by atoms with Gasteiger partial charge >= 0.3 is 5.97 Å². The lowest BCUT2D eigenvalue weighted by molar-refractivity contribution is 0.0695. The number of carboxylic acid groups (broad SMARTS) is 1. The number of aryl methyl sites for hydroxylation is 1. The predicted octanol–water partition coefficient (Wildman–Crippen LogP) is 4.47. The first-order chi connectivity index (χ1) is 14.1. The molecule has 2 aromatic carbocycles. The molecule has 0 radical (unpaired) electrons. The summed E-state index contributed by atoms with van der Waals surface area (Å²) in [4.78, 5) is 15.9. The van der Waals surface area contributed by atoms with E-state index in [9.17, 15) is 9.90 Å². The van der Waals surface area contributed by atoms with E-state index in [4.69, 9.17) is 4.52 Å². The van der Waals surface area contributed by atoms with Crippen LogP contribution in [0.3, 0.4) is 0 Å². The fourth-order valence-electron chi connectivity index (χ4n) is 3.55. The first-order valence-corrected chi connectivity index (χ1v) is 9.43. The van der Waals surface area contributed by atoms with Gasteiger partial charge in [0.05, 0.1) is 17.6 Å². The molecule has 0 saturated heterocycles. The van der Waals surface area contributed by atoms with E-state index in [-0.39, 0.29) is 11.5 Å². The van der Waals surface area contributed by atoms with Crippen LogP contribution < -0.4 is 0 Å². The van der Waals surface area contributed by atoms with E-state index >= 15 is 0 Å². The van der Waals surface area contributed by atoms with Crippen molar-refractivity contribution in [2.24, 2.45) is 0 Å². The number of aromatic carboxylic acids is 1. The molecule has 1 N–H and O–H groups in total. The van der Waals surface area contributed by atoms with E-state index in [1.165, 1.54) is 6.20 Å². The number of hydrogen-bond donors (Lipinski definition) is 1. The van der Waals surface area contributed by atoms with Gasteiger partial charge in [-0.15, -0.1) is 0 Å². The lowest BCUT2D eigenvalue weighted by atomic mass is 10.0. The molecule has 2 heterocycles. The van der Waals surface area contributed by atoms with Gasteiger partial charge in [-0.05, 0) is 42.2 Å². The van der Waals surface area contributed by atoms with Crippen LogP contribution >= 0.6 is 0 Å². The highest BCUT2D eigenvalue weighted by molar-refractivity contribution is 5.89. The molecule has 7 nitrogen and oxygen atoms in total. The van der Waals surface area contributed by atoms with Crippen molar-refractivity contribution in [3.63, 3.8) is 0 Å². The molecule has 0 aliphatic heterocycles. The minimum Gasteiger partial charge on any atom is -0.478 e. The molecular formula is C22H18N4O3. The number of carbonyl (C=O) groups is 1. The highest BCUT2D eigenvalue weighted by Gasteiger charge is 2.32. The van der Waals surface area contributed by atoms with Crippen molar-refractivity contribution in [1.29, 1.82) is 0 Å². The highest BCUT2D eigenvalue weighted by Crippen LogP contribution is 2.42. The Labute approximate surface area is 166 Å². The molecule has 1 fully saturated rings. The van der Waals surface area contributed by atoms with Gasteiger partial charge in [0.1, 0.15) is 5.56 Å². The van der Waals surface area contributed by atoms with Crippen molar-refractivity contribution in [3.8, 4) is 28.2 Å². The number of carboxylic acids is 1. The van der Waals surface area contributed by atoms with Crippen molar-refractivity contribution < 1.29 is 14.4 Å². The van der Waals surface area contributed by atoms with Crippen molar-refractivity contribution in [2.75, 3.05) is 0 Å². The van der Waals surface area contributed by atoms with E-state index in [0.717, 1.165) is 40.9 Å². The van der Waals surface area contributed by atoms with Gasteiger partial charge in [0.25, 0.3) is 0 Å². The number of rotatable bonds is 5. The maximum atomic E-state index is 11.6. The Bertz CT molecular complexity index is 1220. The topological polar surface area (TPSA) is 94.0 Å². The molecule has 1 saturated carbocycles. The molecule has 0 spiro atoms. The predicted molar refractivity (Wildman–Crippen MR) is 106 cm³/mol. The highest BCUT2D eigenvalue weighted by atomic mass is 16.5. The van der Waals surface area contributed by atoms with Crippen molar-refractivity contribution in [2.45, 2.75) is 25.7 Å². The van der Waals surface area contributed by atoms with Crippen LogP contribution in [0.1, 0.15) is 40.7 Å². The van der Waals surface area contributed by atoms with Gasteiger partial charge < -0.3 is 9.63 Å². The van der Waals surface area contributed by atoms with Crippen LogP contribution in [0.25, 0.3) is 28.2 Å². The Morgan fingerprint density at radius 3 is 2.52 bits per heavy atom. The molecule has 1 aliphatic carbocycles. The van der Waals surface area contributed by atoms with E-state index in [2.05, 4.69) is 15.2 Å². The number of benzene rings is 2. The van der Waals surface area contributed by atoms with Crippen LogP contribution in [0.2, 0.25) is 0 Å². The Balaban J connectivity index is 1.56. The molecule has 0 atom stereocenters. The fourth-order valence-corrected chi connectivity index (χ4v) is 3.55. The molecule has 144 valence electrons. The summed E-state index contributed by atoms with van der Waals surface area (Å²) in [5, 5.41) is 17.9. The van der Waals surface area contributed by atoms with Crippen LogP contribution in [0.5, 0.6) is 0 Å². The number of aromatic nitrogens is 4. The second-order valence-corrected chi connectivity index (χ2v) is 7.20. The fraction of sp³-hybridized carbons (Fsp3) is 0.182. The van der Waals surface area contributed by atoms with Gasteiger partial charge in [0.15, 0.2) is 0 Å². The quantitative estimate of drug-likeness (QED) is 0.544. The first-order valence-electron chi connectivity index (χ1n) is 9.43.